The molecule has 0 aliphatic carbocycles. The average molecular weight is 534 g/mol. The van der Waals surface area contributed by atoms with Crippen LogP contribution in [0.5, 0.6) is 0 Å². The molecular weight excluding hydrogens is 511 g/mol. The van der Waals surface area contributed by atoms with E-state index in [4.69, 9.17) is 0 Å². The summed E-state index contributed by atoms with van der Waals surface area (Å²) in [6.45, 7) is 0. The Bertz CT molecular complexity index is 2120. The summed E-state index contributed by atoms with van der Waals surface area (Å²) in [4.78, 5) is 2.46. The standard InChI is InChI=1S/C36H23NS2/c1-3-12-24(13-4-1)26-22-23-31(36-34(26)29-17-8-10-21-33(29)39-36)37(25-14-5-2-6-15-25)30-19-11-18-28-27-16-7-9-20-32(27)38-35(28)30/h1-23H. The topological polar surface area (TPSA) is 3.24 Å². The van der Waals surface area contributed by atoms with Crippen LogP contribution in [0.25, 0.3) is 51.5 Å². The highest BCUT2D eigenvalue weighted by molar-refractivity contribution is 7.27. The summed E-state index contributed by atoms with van der Waals surface area (Å²) in [5.74, 6) is 0. The quantitative estimate of drug-likeness (QED) is 0.217. The van der Waals surface area contributed by atoms with Gasteiger partial charge in [0, 0.05) is 36.6 Å². The minimum Gasteiger partial charge on any atom is -0.308 e. The zero-order valence-corrected chi connectivity index (χ0v) is 22.7. The zero-order valence-electron chi connectivity index (χ0n) is 21.0. The van der Waals surface area contributed by atoms with Crippen molar-refractivity contribution in [3.8, 4) is 11.1 Å². The third kappa shape index (κ3) is 3.59. The van der Waals surface area contributed by atoms with Gasteiger partial charge in [-0.3, -0.25) is 0 Å². The van der Waals surface area contributed by atoms with Gasteiger partial charge in [0.1, 0.15) is 0 Å². The first-order chi connectivity index (χ1) is 19.4. The molecule has 0 fully saturated rings. The van der Waals surface area contributed by atoms with Crippen molar-refractivity contribution >= 4 is 80.1 Å². The van der Waals surface area contributed by atoms with Crippen molar-refractivity contribution in [1.29, 1.82) is 0 Å². The molecule has 0 aliphatic heterocycles. The van der Waals surface area contributed by atoms with E-state index >= 15 is 0 Å². The summed E-state index contributed by atoms with van der Waals surface area (Å²) in [5.41, 5.74) is 6.11. The summed E-state index contributed by atoms with van der Waals surface area (Å²) in [6.07, 6.45) is 0. The van der Waals surface area contributed by atoms with E-state index in [1.807, 2.05) is 22.7 Å². The van der Waals surface area contributed by atoms with Crippen molar-refractivity contribution in [3.63, 3.8) is 0 Å². The van der Waals surface area contributed by atoms with E-state index in [1.54, 1.807) is 0 Å². The van der Waals surface area contributed by atoms with Crippen LogP contribution in [-0.2, 0) is 0 Å². The van der Waals surface area contributed by atoms with Gasteiger partial charge in [0.2, 0.25) is 0 Å². The minimum atomic E-state index is 1.16. The van der Waals surface area contributed by atoms with Gasteiger partial charge in [0.15, 0.2) is 0 Å². The maximum atomic E-state index is 2.46. The van der Waals surface area contributed by atoms with Gasteiger partial charge in [-0.1, -0.05) is 103 Å². The Labute approximate surface area is 234 Å². The summed E-state index contributed by atoms with van der Waals surface area (Å²) in [7, 11) is 0. The van der Waals surface area contributed by atoms with E-state index in [0.717, 1.165) is 5.69 Å². The van der Waals surface area contributed by atoms with Gasteiger partial charge < -0.3 is 4.90 Å². The third-order valence-corrected chi connectivity index (χ3v) is 9.87. The Kier molecular flexibility index (Phi) is 5.25. The Hall–Kier alpha value is -4.44. The minimum absolute atomic E-state index is 1.16. The van der Waals surface area contributed by atoms with Gasteiger partial charge in [-0.25, -0.2) is 0 Å². The monoisotopic (exact) mass is 533 g/mol. The number of benzene rings is 6. The Morgan fingerprint density at radius 1 is 0.410 bits per heavy atom. The third-order valence-electron chi connectivity index (χ3n) is 7.47. The van der Waals surface area contributed by atoms with Gasteiger partial charge in [-0.05, 0) is 47.5 Å². The second-order valence-electron chi connectivity index (χ2n) is 9.72. The molecule has 0 amide bonds. The van der Waals surface area contributed by atoms with Crippen LogP contribution in [-0.4, -0.2) is 0 Å². The first-order valence-electron chi connectivity index (χ1n) is 13.1. The second-order valence-corrected chi connectivity index (χ2v) is 11.8. The first-order valence-corrected chi connectivity index (χ1v) is 14.8. The normalized spacial score (nSPS) is 11.6. The van der Waals surface area contributed by atoms with E-state index in [1.165, 1.54) is 62.8 Å². The van der Waals surface area contributed by atoms with Crippen molar-refractivity contribution in [2.75, 3.05) is 4.90 Å². The molecule has 0 N–H and O–H groups in total. The molecule has 0 atom stereocenters. The maximum absolute atomic E-state index is 2.46. The number of thiophene rings is 2. The van der Waals surface area contributed by atoms with Crippen molar-refractivity contribution < 1.29 is 0 Å². The molecule has 3 heteroatoms. The van der Waals surface area contributed by atoms with Gasteiger partial charge in [0.05, 0.1) is 20.8 Å². The molecule has 0 saturated carbocycles. The van der Waals surface area contributed by atoms with Crippen molar-refractivity contribution in [2.24, 2.45) is 0 Å². The molecule has 2 heterocycles. The lowest BCUT2D eigenvalue weighted by atomic mass is 9.98. The van der Waals surface area contributed by atoms with Crippen LogP contribution in [0.3, 0.4) is 0 Å². The molecule has 0 bridgehead atoms. The SMILES string of the molecule is c1ccc(-c2ccc(N(c3ccccc3)c3cccc4c3sc3ccccc34)c3sc4ccccc4c23)cc1. The second kappa shape index (κ2) is 9.09. The number of hydrogen-bond donors (Lipinski definition) is 0. The fourth-order valence-electron chi connectivity index (χ4n) is 5.74. The highest BCUT2D eigenvalue weighted by atomic mass is 32.1. The number of anilines is 3. The van der Waals surface area contributed by atoms with E-state index in [-0.39, 0.29) is 0 Å². The lowest BCUT2D eigenvalue weighted by Crippen LogP contribution is -2.10. The number of rotatable bonds is 4. The molecule has 8 aromatic rings. The molecule has 1 nitrogen and oxygen atoms in total. The Morgan fingerprint density at radius 3 is 1.79 bits per heavy atom. The lowest BCUT2D eigenvalue weighted by molar-refractivity contribution is 1.32. The van der Waals surface area contributed by atoms with Crippen molar-refractivity contribution in [3.05, 3.63) is 140 Å². The van der Waals surface area contributed by atoms with Gasteiger partial charge in [0.25, 0.3) is 0 Å². The highest BCUT2D eigenvalue weighted by Gasteiger charge is 2.22. The van der Waals surface area contributed by atoms with E-state index in [9.17, 15) is 0 Å². The molecule has 8 rings (SSSR count). The molecule has 39 heavy (non-hydrogen) atoms. The molecule has 6 aromatic carbocycles. The average Bonchev–Trinajstić information content (AvgIpc) is 3.58. The maximum Gasteiger partial charge on any atom is 0.0641 e. The number of hydrogen-bond acceptors (Lipinski definition) is 3. The predicted octanol–water partition coefficient (Wildman–Crippen LogP) is 11.6. The number of nitrogens with zero attached hydrogens (tertiary/aromatic N) is 1. The van der Waals surface area contributed by atoms with Gasteiger partial charge in [-0.15, -0.1) is 22.7 Å². The fourth-order valence-corrected chi connectivity index (χ4v) is 8.18. The smallest absolute Gasteiger partial charge is 0.0641 e. The number of para-hydroxylation sites is 1. The van der Waals surface area contributed by atoms with Gasteiger partial charge in [-0.2, -0.15) is 0 Å². The van der Waals surface area contributed by atoms with Crippen LogP contribution in [0.4, 0.5) is 17.1 Å². The Morgan fingerprint density at radius 2 is 1.00 bits per heavy atom. The van der Waals surface area contributed by atoms with Crippen LogP contribution < -0.4 is 4.90 Å². The van der Waals surface area contributed by atoms with Crippen LogP contribution in [0.1, 0.15) is 0 Å². The van der Waals surface area contributed by atoms with Gasteiger partial charge >= 0.3 is 0 Å². The molecule has 0 aliphatic rings. The number of fused-ring (bicyclic) bond motifs is 6. The van der Waals surface area contributed by atoms with Crippen LogP contribution >= 0.6 is 22.7 Å². The molecule has 0 radical (unpaired) electrons. The van der Waals surface area contributed by atoms with Crippen LogP contribution in [0.2, 0.25) is 0 Å². The van der Waals surface area contributed by atoms with Crippen molar-refractivity contribution in [2.45, 2.75) is 0 Å². The lowest BCUT2D eigenvalue weighted by Gasteiger charge is -2.27. The summed E-state index contributed by atoms with van der Waals surface area (Å²) in [6, 6.07) is 50.5. The fraction of sp³-hybridized carbons (Fsp3) is 0. The van der Waals surface area contributed by atoms with Crippen molar-refractivity contribution in [1.82, 2.24) is 0 Å². The molecular formula is C36H23NS2. The van der Waals surface area contributed by atoms with Crippen LogP contribution in [0.15, 0.2) is 140 Å². The zero-order chi connectivity index (χ0) is 25.8. The van der Waals surface area contributed by atoms with E-state index in [0.29, 0.717) is 0 Å². The molecule has 0 saturated heterocycles. The largest absolute Gasteiger partial charge is 0.308 e. The summed E-state index contributed by atoms with van der Waals surface area (Å²) >= 11 is 3.77. The Balaban J connectivity index is 1.48. The summed E-state index contributed by atoms with van der Waals surface area (Å²) < 4.78 is 5.24. The molecule has 184 valence electrons. The highest BCUT2D eigenvalue weighted by Crippen LogP contribution is 2.50. The first kappa shape index (κ1) is 22.5. The molecule has 0 unspecified atom stereocenters. The van der Waals surface area contributed by atoms with E-state index in [2.05, 4.69) is 144 Å². The molecule has 2 aromatic heterocycles. The molecule has 0 spiro atoms. The van der Waals surface area contributed by atoms with Crippen LogP contribution in [0, 0.1) is 0 Å². The summed E-state index contributed by atoms with van der Waals surface area (Å²) in [5, 5.41) is 5.26. The predicted molar refractivity (Wildman–Crippen MR) is 172 cm³/mol. The van der Waals surface area contributed by atoms with E-state index < -0.39 is 0 Å².